The molecule has 1 aromatic carbocycles. The summed E-state index contributed by atoms with van der Waals surface area (Å²) in [5.74, 6) is 0.791. The lowest BCUT2D eigenvalue weighted by atomic mass is 10.1. The minimum Gasteiger partial charge on any atom is -0.388 e. The van der Waals surface area contributed by atoms with Gasteiger partial charge in [-0.2, -0.15) is 11.8 Å². The zero-order valence-corrected chi connectivity index (χ0v) is 9.63. The third-order valence-electron chi connectivity index (χ3n) is 2.30. The Morgan fingerprint density at radius 2 is 1.93 bits per heavy atom. The molecule has 0 aliphatic heterocycles. The van der Waals surface area contributed by atoms with Gasteiger partial charge in [0.05, 0.1) is 6.10 Å². The number of rotatable bonds is 5. The number of aliphatic hydroxyl groups excluding tert-OH is 1. The molecule has 1 nitrogen and oxygen atoms in total. The van der Waals surface area contributed by atoms with Gasteiger partial charge in [0.15, 0.2) is 0 Å². The maximum Gasteiger partial charge on any atom is 0.0880 e. The standard InChI is InChI=1S/C12H18OS/c1-3-10(2)14-9-12(13)11-7-5-4-6-8-11/h4-8,10,12-13H,3,9H2,1-2H3. The fourth-order valence-electron chi connectivity index (χ4n) is 1.14. The van der Waals surface area contributed by atoms with Gasteiger partial charge < -0.3 is 5.11 Å². The molecule has 0 spiro atoms. The second kappa shape index (κ2) is 6.10. The lowest BCUT2D eigenvalue weighted by Crippen LogP contribution is -2.04. The molecule has 1 aromatic rings. The summed E-state index contributed by atoms with van der Waals surface area (Å²) >= 11 is 1.83. The first-order chi connectivity index (χ1) is 6.74. The van der Waals surface area contributed by atoms with E-state index in [4.69, 9.17) is 0 Å². The third-order valence-corrected chi connectivity index (χ3v) is 3.71. The van der Waals surface area contributed by atoms with Crippen LogP contribution < -0.4 is 0 Å². The van der Waals surface area contributed by atoms with Gasteiger partial charge in [-0.15, -0.1) is 0 Å². The lowest BCUT2D eigenvalue weighted by Gasteiger charge is -2.13. The van der Waals surface area contributed by atoms with Crippen molar-refractivity contribution in [3.05, 3.63) is 35.9 Å². The molecule has 78 valence electrons. The van der Waals surface area contributed by atoms with Crippen molar-refractivity contribution in [2.24, 2.45) is 0 Å². The molecule has 0 aliphatic carbocycles. The minimum absolute atomic E-state index is 0.324. The second-order valence-electron chi connectivity index (χ2n) is 3.48. The number of hydrogen-bond donors (Lipinski definition) is 1. The monoisotopic (exact) mass is 210 g/mol. The average molecular weight is 210 g/mol. The van der Waals surface area contributed by atoms with Crippen LogP contribution in [0.25, 0.3) is 0 Å². The molecular formula is C12H18OS. The summed E-state index contributed by atoms with van der Waals surface area (Å²) in [6.07, 6.45) is 0.835. The summed E-state index contributed by atoms with van der Waals surface area (Å²) < 4.78 is 0. The highest BCUT2D eigenvalue weighted by Gasteiger charge is 2.08. The van der Waals surface area contributed by atoms with Crippen LogP contribution in [-0.2, 0) is 0 Å². The number of aliphatic hydroxyl groups is 1. The molecule has 0 radical (unpaired) electrons. The van der Waals surface area contributed by atoms with Crippen molar-refractivity contribution >= 4 is 11.8 Å². The van der Waals surface area contributed by atoms with Crippen molar-refractivity contribution in [3.8, 4) is 0 Å². The first kappa shape index (κ1) is 11.6. The summed E-state index contributed by atoms with van der Waals surface area (Å²) in [5.41, 5.74) is 1.02. The molecule has 0 saturated carbocycles. The SMILES string of the molecule is CCC(C)SCC(O)c1ccccc1. The van der Waals surface area contributed by atoms with Gasteiger partial charge in [0.1, 0.15) is 0 Å². The maximum atomic E-state index is 9.84. The Bertz CT molecular complexity index is 248. The van der Waals surface area contributed by atoms with Crippen molar-refractivity contribution in [2.45, 2.75) is 31.6 Å². The van der Waals surface area contributed by atoms with Crippen molar-refractivity contribution in [2.75, 3.05) is 5.75 Å². The molecule has 0 aromatic heterocycles. The van der Waals surface area contributed by atoms with E-state index < -0.39 is 0 Å². The van der Waals surface area contributed by atoms with Crippen LogP contribution >= 0.6 is 11.8 Å². The number of benzene rings is 1. The van der Waals surface area contributed by atoms with E-state index in [-0.39, 0.29) is 6.10 Å². The van der Waals surface area contributed by atoms with E-state index in [1.807, 2.05) is 42.1 Å². The predicted octanol–water partition coefficient (Wildman–Crippen LogP) is 3.25. The zero-order valence-electron chi connectivity index (χ0n) is 8.81. The molecule has 1 N–H and O–H groups in total. The maximum absolute atomic E-state index is 9.84. The van der Waals surface area contributed by atoms with Crippen molar-refractivity contribution in [1.82, 2.24) is 0 Å². The van der Waals surface area contributed by atoms with Crippen molar-refractivity contribution in [1.29, 1.82) is 0 Å². The highest BCUT2D eigenvalue weighted by atomic mass is 32.2. The Labute approximate surface area is 90.5 Å². The van der Waals surface area contributed by atoms with Gasteiger partial charge >= 0.3 is 0 Å². The molecule has 0 aliphatic rings. The molecule has 0 saturated heterocycles. The molecule has 2 heteroatoms. The Hall–Kier alpha value is -0.470. The van der Waals surface area contributed by atoms with Crippen molar-refractivity contribution < 1.29 is 5.11 Å². The average Bonchev–Trinajstić information content (AvgIpc) is 2.26. The van der Waals surface area contributed by atoms with E-state index in [0.717, 1.165) is 17.7 Å². The summed E-state index contributed by atoms with van der Waals surface area (Å²) in [5, 5.41) is 10.5. The highest BCUT2D eigenvalue weighted by molar-refractivity contribution is 7.99. The molecule has 14 heavy (non-hydrogen) atoms. The van der Waals surface area contributed by atoms with E-state index in [2.05, 4.69) is 13.8 Å². The van der Waals surface area contributed by atoms with E-state index in [1.165, 1.54) is 0 Å². The fourth-order valence-corrected chi connectivity index (χ4v) is 2.08. The second-order valence-corrected chi connectivity index (χ2v) is 4.95. The topological polar surface area (TPSA) is 20.2 Å². The van der Waals surface area contributed by atoms with Crippen LogP contribution in [-0.4, -0.2) is 16.1 Å². The summed E-state index contributed by atoms with van der Waals surface area (Å²) in [7, 11) is 0. The van der Waals surface area contributed by atoms with Gasteiger partial charge in [-0.3, -0.25) is 0 Å². The first-order valence-electron chi connectivity index (χ1n) is 5.08. The first-order valence-corrected chi connectivity index (χ1v) is 6.13. The molecule has 2 atom stereocenters. The van der Waals surface area contributed by atoms with Gasteiger partial charge in [0.2, 0.25) is 0 Å². The Kier molecular flexibility index (Phi) is 5.05. The van der Waals surface area contributed by atoms with Crippen LogP contribution in [0.3, 0.4) is 0 Å². The van der Waals surface area contributed by atoms with Crippen LogP contribution in [0.15, 0.2) is 30.3 Å². The quantitative estimate of drug-likeness (QED) is 0.805. The molecule has 0 amide bonds. The van der Waals surface area contributed by atoms with E-state index >= 15 is 0 Å². The van der Waals surface area contributed by atoms with Gasteiger partial charge in [0, 0.05) is 11.0 Å². The van der Waals surface area contributed by atoms with E-state index in [9.17, 15) is 5.11 Å². The lowest BCUT2D eigenvalue weighted by molar-refractivity contribution is 0.204. The molecule has 0 fully saturated rings. The minimum atomic E-state index is -0.324. The molecule has 0 heterocycles. The van der Waals surface area contributed by atoms with Gasteiger partial charge in [-0.1, -0.05) is 44.2 Å². The molecular weight excluding hydrogens is 192 g/mol. The Balaban J connectivity index is 2.39. The zero-order chi connectivity index (χ0) is 10.4. The summed E-state index contributed by atoms with van der Waals surface area (Å²) in [6.45, 7) is 4.37. The Morgan fingerprint density at radius 1 is 1.29 bits per heavy atom. The van der Waals surface area contributed by atoms with Gasteiger partial charge in [-0.05, 0) is 12.0 Å². The van der Waals surface area contributed by atoms with Crippen LogP contribution in [0.5, 0.6) is 0 Å². The Morgan fingerprint density at radius 3 is 2.50 bits per heavy atom. The smallest absolute Gasteiger partial charge is 0.0880 e. The fraction of sp³-hybridized carbons (Fsp3) is 0.500. The number of hydrogen-bond acceptors (Lipinski definition) is 2. The van der Waals surface area contributed by atoms with E-state index in [1.54, 1.807) is 0 Å². The highest BCUT2D eigenvalue weighted by Crippen LogP contribution is 2.22. The van der Waals surface area contributed by atoms with Crippen molar-refractivity contribution in [3.63, 3.8) is 0 Å². The molecule has 1 rings (SSSR count). The van der Waals surface area contributed by atoms with Crippen LogP contribution in [0.1, 0.15) is 31.9 Å². The van der Waals surface area contributed by atoms with Gasteiger partial charge in [0.25, 0.3) is 0 Å². The van der Waals surface area contributed by atoms with Crippen LogP contribution in [0.2, 0.25) is 0 Å². The number of thioether (sulfide) groups is 1. The predicted molar refractivity (Wildman–Crippen MR) is 63.6 cm³/mol. The largest absolute Gasteiger partial charge is 0.388 e. The van der Waals surface area contributed by atoms with E-state index in [0.29, 0.717) is 5.25 Å². The van der Waals surface area contributed by atoms with Crippen LogP contribution in [0, 0.1) is 0 Å². The molecule has 2 unspecified atom stereocenters. The summed E-state index contributed by atoms with van der Waals surface area (Å²) in [4.78, 5) is 0. The normalized spacial score (nSPS) is 15.1. The van der Waals surface area contributed by atoms with Gasteiger partial charge in [-0.25, -0.2) is 0 Å². The van der Waals surface area contributed by atoms with Crippen LogP contribution in [0.4, 0.5) is 0 Å². The summed E-state index contributed by atoms with van der Waals surface area (Å²) in [6, 6.07) is 9.85. The third kappa shape index (κ3) is 3.72. The molecule has 0 bridgehead atoms.